The number of aryl methyl sites for hydroxylation is 2. The maximum atomic E-state index is 15.8. The fourth-order valence-corrected chi connectivity index (χ4v) is 7.28. The number of carbonyl (C=O) groups is 1. The van der Waals surface area contributed by atoms with Gasteiger partial charge in [0, 0.05) is 76.1 Å². The van der Waals surface area contributed by atoms with Crippen molar-refractivity contribution < 1.29 is 13.9 Å². The second kappa shape index (κ2) is 11.8. The van der Waals surface area contributed by atoms with Crippen LogP contribution in [0, 0.1) is 24.6 Å². The molecule has 1 atom stereocenters. The second-order valence-electron chi connectivity index (χ2n) is 12.6. The topological polar surface area (TPSA) is 94.2 Å². The first-order chi connectivity index (χ1) is 21.8. The van der Waals surface area contributed by atoms with E-state index >= 15 is 4.39 Å². The molecule has 6 heterocycles. The Labute approximate surface area is 261 Å². The van der Waals surface area contributed by atoms with Crippen LogP contribution in [0.5, 0.6) is 0 Å². The van der Waals surface area contributed by atoms with E-state index in [1.54, 1.807) is 21.7 Å². The van der Waals surface area contributed by atoms with Crippen LogP contribution in [0.25, 0.3) is 33.3 Å². The number of rotatable bonds is 6. The third-order valence-corrected chi connectivity index (χ3v) is 9.56. The molecule has 1 aromatic carbocycles. The van der Waals surface area contributed by atoms with Gasteiger partial charge in [-0.1, -0.05) is 23.4 Å². The van der Waals surface area contributed by atoms with E-state index in [9.17, 15) is 4.79 Å². The number of carbonyl (C=O) groups excluding carboxylic acids is 1. The van der Waals surface area contributed by atoms with Gasteiger partial charge in [-0.15, -0.1) is 5.10 Å². The molecule has 0 unspecified atom stereocenters. The van der Waals surface area contributed by atoms with E-state index in [0.717, 1.165) is 83.6 Å². The molecule has 0 spiro atoms. The number of fused-ring (bicyclic) bond motifs is 3. The second-order valence-corrected chi connectivity index (χ2v) is 12.6. The molecule has 234 valence electrons. The summed E-state index contributed by atoms with van der Waals surface area (Å²) in [5.41, 5.74) is 5.72. The monoisotopic (exact) mass is 610 g/mol. The third kappa shape index (κ3) is 5.22. The van der Waals surface area contributed by atoms with Crippen LogP contribution in [0.3, 0.4) is 0 Å². The van der Waals surface area contributed by atoms with Gasteiger partial charge >= 0.3 is 0 Å². The molecule has 0 N–H and O–H groups in total. The molecule has 7 rings (SSSR count). The predicted octanol–water partition coefficient (Wildman–Crippen LogP) is 5.15. The highest BCUT2D eigenvalue weighted by molar-refractivity contribution is 6.05. The Kier molecular flexibility index (Phi) is 7.72. The van der Waals surface area contributed by atoms with Crippen molar-refractivity contribution in [2.75, 3.05) is 45.3 Å². The molecule has 2 aliphatic rings. The predicted molar refractivity (Wildman–Crippen MR) is 171 cm³/mol. The summed E-state index contributed by atoms with van der Waals surface area (Å²) in [7, 11) is 5.51. The van der Waals surface area contributed by atoms with Gasteiger partial charge in [0.25, 0.3) is 0 Å². The smallest absolute Gasteiger partial charge is 0.225 e. The summed E-state index contributed by atoms with van der Waals surface area (Å²) in [5, 5.41) is 9.41. The van der Waals surface area contributed by atoms with E-state index in [2.05, 4.69) is 38.0 Å². The first-order valence-electron chi connectivity index (χ1n) is 15.8. The molecule has 0 bridgehead atoms. The van der Waals surface area contributed by atoms with Gasteiger partial charge in [-0.25, -0.2) is 14.1 Å². The normalized spacial score (nSPS) is 17.3. The standard InChI is InChI=1S/C34H39FN8O2/c1-21-31(41(4)39-38-21)24-19-28-30(36-20-24)26-9-10-29(42-15-11-23(12-16-42)34(44)40(2)3)37-33(26)43(28)32(22-13-17-45-18-14-22)25-7-5-6-8-27(25)35/h5-10,19-20,22-23,32H,11-18H2,1-4H3/t32-/m0/s1. The fourth-order valence-electron chi connectivity index (χ4n) is 7.28. The highest BCUT2D eigenvalue weighted by Crippen LogP contribution is 2.42. The highest BCUT2D eigenvalue weighted by atomic mass is 19.1. The van der Waals surface area contributed by atoms with E-state index < -0.39 is 0 Å². The lowest BCUT2D eigenvalue weighted by Gasteiger charge is -2.34. The number of amides is 1. The van der Waals surface area contributed by atoms with Gasteiger partial charge in [-0.3, -0.25) is 9.78 Å². The van der Waals surface area contributed by atoms with Crippen LogP contribution in [0.2, 0.25) is 0 Å². The number of anilines is 1. The summed E-state index contributed by atoms with van der Waals surface area (Å²) in [4.78, 5) is 26.9. The Hall–Kier alpha value is -4.38. The van der Waals surface area contributed by atoms with Crippen LogP contribution in [0.1, 0.15) is 43.0 Å². The molecule has 10 nitrogen and oxygen atoms in total. The van der Waals surface area contributed by atoms with Crippen molar-refractivity contribution in [3.8, 4) is 11.3 Å². The lowest BCUT2D eigenvalue weighted by atomic mass is 9.86. The molecule has 0 saturated carbocycles. The van der Waals surface area contributed by atoms with Crippen molar-refractivity contribution in [3.63, 3.8) is 0 Å². The van der Waals surface area contributed by atoms with Crippen LogP contribution in [-0.4, -0.2) is 80.7 Å². The Bertz CT molecular complexity index is 1850. The van der Waals surface area contributed by atoms with E-state index in [0.29, 0.717) is 18.8 Å². The van der Waals surface area contributed by atoms with Crippen LogP contribution in [0.15, 0.2) is 48.7 Å². The zero-order valence-electron chi connectivity index (χ0n) is 26.3. The van der Waals surface area contributed by atoms with E-state index in [1.165, 1.54) is 0 Å². The Morgan fingerprint density at radius 3 is 2.51 bits per heavy atom. The molecule has 0 aliphatic carbocycles. The Balaban J connectivity index is 1.42. The van der Waals surface area contributed by atoms with Crippen molar-refractivity contribution in [1.82, 2.24) is 34.4 Å². The molecular weight excluding hydrogens is 571 g/mol. The zero-order chi connectivity index (χ0) is 31.2. The highest BCUT2D eigenvalue weighted by Gasteiger charge is 2.33. The first kappa shape index (κ1) is 29.3. The van der Waals surface area contributed by atoms with Gasteiger partial charge in [-0.2, -0.15) is 0 Å². The summed E-state index contributed by atoms with van der Waals surface area (Å²) in [5.74, 6) is 0.967. The molecule has 2 aliphatic heterocycles. The van der Waals surface area contributed by atoms with Crippen molar-refractivity contribution in [2.45, 2.75) is 38.6 Å². The SMILES string of the molecule is Cc1nnn(C)c1-c1cnc2c3ccc(N4CCC(C(=O)N(C)C)CC4)nc3n([C@H](c3ccccc3F)C3CCOCC3)c2c1. The molecular formula is C34H39FN8O2. The molecule has 45 heavy (non-hydrogen) atoms. The molecule has 5 aromatic rings. The molecule has 2 saturated heterocycles. The minimum absolute atomic E-state index is 0.0259. The third-order valence-electron chi connectivity index (χ3n) is 9.56. The van der Waals surface area contributed by atoms with Crippen LogP contribution in [-0.2, 0) is 16.6 Å². The number of piperidine rings is 1. The summed E-state index contributed by atoms with van der Waals surface area (Å²) in [6.07, 6.45) is 5.05. The number of halogens is 1. The molecule has 11 heteroatoms. The summed E-state index contributed by atoms with van der Waals surface area (Å²) in [6, 6.07) is 13.1. The van der Waals surface area contributed by atoms with Crippen molar-refractivity contribution in [2.24, 2.45) is 18.9 Å². The van der Waals surface area contributed by atoms with Gasteiger partial charge in [-0.05, 0) is 62.8 Å². The number of hydrogen-bond donors (Lipinski definition) is 0. The number of ether oxygens (including phenoxy) is 1. The lowest BCUT2D eigenvalue weighted by Crippen LogP contribution is -2.40. The summed E-state index contributed by atoms with van der Waals surface area (Å²) < 4.78 is 25.5. The van der Waals surface area contributed by atoms with Gasteiger partial charge in [0.15, 0.2) is 0 Å². The van der Waals surface area contributed by atoms with Crippen LogP contribution >= 0.6 is 0 Å². The zero-order valence-corrected chi connectivity index (χ0v) is 26.3. The average molecular weight is 611 g/mol. The van der Waals surface area contributed by atoms with Gasteiger partial charge in [0.1, 0.15) is 17.3 Å². The van der Waals surface area contributed by atoms with E-state index in [4.69, 9.17) is 14.7 Å². The van der Waals surface area contributed by atoms with Crippen molar-refractivity contribution in [3.05, 3.63) is 65.7 Å². The number of nitrogens with zero attached hydrogens (tertiary/aromatic N) is 8. The first-order valence-corrected chi connectivity index (χ1v) is 15.8. The lowest BCUT2D eigenvalue weighted by molar-refractivity contribution is -0.133. The minimum atomic E-state index is -0.316. The molecule has 0 radical (unpaired) electrons. The van der Waals surface area contributed by atoms with Crippen LogP contribution < -0.4 is 4.90 Å². The number of benzene rings is 1. The number of aromatic nitrogens is 6. The molecule has 2 fully saturated rings. The fraction of sp³-hybridized carbons (Fsp3) is 0.441. The van der Waals surface area contributed by atoms with Crippen molar-refractivity contribution >= 4 is 33.8 Å². The number of pyridine rings is 2. The number of hydrogen-bond acceptors (Lipinski definition) is 7. The van der Waals surface area contributed by atoms with E-state index in [1.807, 2.05) is 46.4 Å². The minimum Gasteiger partial charge on any atom is -0.381 e. The Morgan fingerprint density at radius 2 is 1.82 bits per heavy atom. The maximum Gasteiger partial charge on any atom is 0.225 e. The summed E-state index contributed by atoms with van der Waals surface area (Å²) >= 11 is 0. The largest absolute Gasteiger partial charge is 0.381 e. The van der Waals surface area contributed by atoms with Gasteiger partial charge in [0.05, 0.1) is 28.5 Å². The Morgan fingerprint density at radius 1 is 1.07 bits per heavy atom. The van der Waals surface area contributed by atoms with E-state index in [-0.39, 0.29) is 29.6 Å². The molecule has 4 aromatic heterocycles. The summed E-state index contributed by atoms with van der Waals surface area (Å²) in [6.45, 7) is 4.70. The average Bonchev–Trinajstić information content (AvgIpc) is 3.57. The van der Waals surface area contributed by atoms with Gasteiger partial charge < -0.3 is 19.1 Å². The van der Waals surface area contributed by atoms with Crippen LogP contribution in [0.4, 0.5) is 10.2 Å². The van der Waals surface area contributed by atoms with Crippen molar-refractivity contribution in [1.29, 1.82) is 0 Å². The quantitative estimate of drug-likeness (QED) is 0.263. The molecule has 1 amide bonds. The van der Waals surface area contributed by atoms with Gasteiger partial charge in [0.2, 0.25) is 5.91 Å². The maximum absolute atomic E-state index is 15.8.